The molecule has 0 saturated carbocycles. The van der Waals surface area contributed by atoms with E-state index in [0.717, 1.165) is 22.2 Å². The molecule has 1 atom stereocenters. The zero-order valence-electron chi connectivity index (χ0n) is 17.5. The largest absolute Gasteiger partial charge is 0.497 e. The van der Waals surface area contributed by atoms with Crippen LogP contribution in [0, 0.1) is 0 Å². The molecule has 6 nitrogen and oxygen atoms in total. The number of ether oxygens (including phenoxy) is 1. The summed E-state index contributed by atoms with van der Waals surface area (Å²) in [6, 6.07) is 15.9. The number of methoxy groups -OCH3 is 1. The van der Waals surface area contributed by atoms with E-state index in [9.17, 15) is 13.6 Å². The second-order valence-electron chi connectivity index (χ2n) is 7.75. The van der Waals surface area contributed by atoms with Crippen LogP contribution >= 0.6 is 0 Å². The summed E-state index contributed by atoms with van der Waals surface area (Å²) < 4.78 is 34.0. The normalized spacial score (nSPS) is 15.4. The molecule has 4 aromatic rings. The number of hydrogen-bond donors (Lipinski definition) is 0. The average molecular weight is 434 g/mol. The zero-order chi connectivity index (χ0) is 22.4. The molecule has 0 bridgehead atoms. The van der Waals surface area contributed by atoms with E-state index in [1.165, 1.54) is 12.3 Å². The van der Waals surface area contributed by atoms with E-state index in [1.54, 1.807) is 36.3 Å². The quantitative estimate of drug-likeness (QED) is 0.457. The Balaban J connectivity index is 1.64. The van der Waals surface area contributed by atoms with Crippen LogP contribution in [0.1, 0.15) is 35.0 Å². The smallest absolute Gasteiger partial charge is 0.280 e. The van der Waals surface area contributed by atoms with E-state index >= 15 is 0 Å². The lowest BCUT2D eigenvalue weighted by Gasteiger charge is -2.22. The van der Waals surface area contributed by atoms with Crippen LogP contribution in [0.3, 0.4) is 0 Å². The third-order valence-electron chi connectivity index (χ3n) is 5.77. The molecule has 0 N–H and O–H groups in total. The molecule has 0 saturated heterocycles. The average Bonchev–Trinajstić information content (AvgIpc) is 3.38. The molecule has 162 valence electrons. The van der Waals surface area contributed by atoms with Crippen LogP contribution in [-0.2, 0) is 6.42 Å². The van der Waals surface area contributed by atoms with E-state index < -0.39 is 6.43 Å². The van der Waals surface area contributed by atoms with E-state index in [4.69, 9.17) is 4.74 Å². The zero-order valence-corrected chi connectivity index (χ0v) is 17.5. The molecule has 5 rings (SSSR count). The van der Waals surface area contributed by atoms with Gasteiger partial charge in [0.1, 0.15) is 17.0 Å². The van der Waals surface area contributed by atoms with Crippen molar-refractivity contribution in [1.82, 2.24) is 14.6 Å². The van der Waals surface area contributed by atoms with Crippen molar-refractivity contribution in [3.8, 4) is 17.0 Å². The molecule has 0 aliphatic carbocycles. The number of hydrogen-bond acceptors (Lipinski definition) is 4. The van der Waals surface area contributed by atoms with Gasteiger partial charge in [0.2, 0.25) is 0 Å². The van der Waals surface area contributed by atoms with Gasteiger partial charge in [-0.3, -0.25) is 4.79 Å². The number of aromatic nitrogens is 3. The van der Waals surface area contributed by atoms with Gasteiger partial charge >= 0.3 is 0 Å². The van der Waals surface area contributed by atoms with Crippen molar-refractivity contribution in [2.75, 3.05) is 12.0 Å². The lowest BCUT2D eigenvalue weighted by Crippen LogP contribution is -2.35. The van der Waals surface area contributed by atoms with Crippen LogP contribution in [0.25, 0.3) is 16.9 Å². The van der Waals surface area contributed by atoms with Crippen LogP contribution in [0.4, 0.5) is 14.5 Å². The Kier molecular flexibility index (Phi) is 4.84. The number of amides is 1. The highest BCUT2D eigenvalue weighted by Gasteiger charge is 2.33. The highest BCUT2D eigenvalue weighted by Crippen LogP contribution is 2.34. The molecule has 0 radical (unpaired) electrons. The second-order valence-corrected chi connectivity index (χ2v) is 7.75. The third kappa shape index (κ3) is 3.19. The number of nitrogens with zero attached hydrogens (tertiary/aromatic N) is 4. The fourth-order valence-corrected chi connectivity index (χ4v) is 4.21. The monoisotopic (exact) mass is 434 g/mol. The predicted octanol–water partition coefficient (Wildman–Crippen LogP) is 4.93. The van der Waals surface area contributed by atoms with Gasteiger partial charge in [-0.2, -0.15) is 5.10 Å². The summed E-state index contributed by atoms with van der Waals surface area (Å²) in [6.07, 6.45) is -0.734. The number of carbonyl (C=O) groups is 1. The van der Waals surface area contributed by atoms with Crippen molar-refractivity contribution in [2.45, 2.75) is 25.8 Å². The Morgan fingerprint density at radius 2 is 1.91 bits per heavy atom. The Morgan fingerprint density at radius 1 is 1.16 bits per heavy atom. The van der Waals surface area contributed by atoms with Gasteiger partial charge in [-0.25, -0.2) is 18.3 Å². The van der Waals surface area contributed by atoms with Crippen molar-refractivity contribution < 1.29 is 18.3 Å². The molecule has 1 amide bonds. The Bertz CT molecular complexity index is 1320. The maximum Gasteiger partial charge on any atom is 0.280 e. The van der Waals surface area contributed by atoms with Crippen LogP contribution in [-0.4, -0.2) is 33.7 Å². The number of fused-ring (bicyclic) bond motifs is 2. The Morgan fingerprint density at radius 3 is 2.62 bits per heavy atom. The van der Waals surface area contributed by atoms with Gasteiger partial charge in [0.05, 0.1) is 19.0 Å². The van der Waals surface area contributed by atoms with Crippen LogP contribution < -0.4 is 9.64 Å². The maximum absolute atomic E-state index is 13.9. The van der Waals surface area contributed by atoms with E-state index in [2.05, 4.69) is 10.1 Å². The van der Waals surface area contributed by atoms with Gasteiger partial charge in [0, 0.05) is 17.3 Å². The van der Waals surface area contributed by atoms with Crippen molar-refractivity contribution in [1.29, 1.82) is 0 Å². The summed E-state index contributed by atoms with van der Waals surface area (Å²) in [4.78, 5) is 19.8. The Labute approximate surface area is 183 Å². The van der Waals surface area contributed by atoms with Crippen LogP contribution in [0.2, 0.25) is 0 Å². The lowest BCUT2D eigenvalue weighted by molar-refractivity contribution is 0.0982. The molecule has 3 heterocycles. The van der Waals surface area contributed by atoms with Gasteiger partial charge in [0.15, 0.2) is 5.65 Å². The number of benzene rings is 2. The Hall–Kier alpha value is -3.81. The number of para-hydroxylation sites is 1. The van der Waals surface area contributed by atoms with Gasteiger partial charge in [-0.05, 0) is 55.3 Å². The first-order valence-electron chi connectivity index (χ1n) is 10.2. The van der Waals surface area contributed by atoms with Crippen LogP contribution in [0.5, 0.6) is 5.75 Å². The van der Waals surface area contributed by atoms with E-state index in [0.29, 0.717) is 17.0 Å². The summed E-state index contributed by atoms with van der Waals surface area (Å²) in [5.74, 6) is 0.336. The molecule has 0 spiro atoms. The van der Waals surface area contributed by atoms with Crippen LogP contribution in [0.15, 0.2) is 60.8 Å². The molecular formula is C24H20F2N4O2. The molecule has 32 heavy (non-hydrogen) atoms. The molecule has 8 heteroatoms. The first-order chi connectivity index (χ1) is 15.5. The highest BCUT2D eigenvalue weighted by molar-refractivity contribution is 6.11. The highest BCUT2D eigenvalue weighted by atomic mass is 19.3. The minimum absolute atomic E-state index is 0.0609. The van der Waals surface area contributed by atoms with Crippen molar-refractivity contribution in [3.05, 3.63) is 77.6 Å². The van der Waals surface area contributed by atoms with Gasteiger partial charge in [-0.15, -0.1) is 0 Å². The number of rotatable bonds is 4. The predicted molar refractivity (Wildman–Crippen MR) is 116 cm³/mol. The summed E-state index contributed by atoms with van der Waals surface area (Å²) in [5.41, 5.74) is 2.83. The van der Waals surface area contributed by atoms with Gasteiger partial charge in [0.25, 0.3) is 12.3 Å². The molecular weight excluding hydrogens is 414 g/mol. The molecule has 0 fully saturated rings. The van der Waals surface area contributed by atoms with Gasteiger partial charge in [-0.1, -0.05) is 18.2 Å². The summed E-state index contributed by atoms with van der Waals surface area (Å²) in [7, 11) is 1.55. The number of carbonyl (C=O) groups excluding carboxylic acids is 1. The van der Waals surface area contributed by atoms with Gasteiger partial charge < -0.3 is 9.64 Å². The summed E-state index contributed by atoms with van der Waals surface area (Å²) >= 11 is 0. The van der Waals surface area contributed by atoms with Crippen molar-refractivity contribution >= 4 is 17.2 Å². The minimum atomic E-state index is -2.79. The maximum atomic E-state index is 13.9. The summed E-state index contributed by atoms with van der Waals surface area (Å²) in [5, 5.41) is 4.08. The second kappa shape index (κ2) is 7.71. The standard InChI is InChI=1S/C24H20F2N4O2/c1-14-11-16-5-3-4-6-20(16)29(14)24(31)18-13-27-30-21(22(25)26)12-19(28-23(18)30)15-7-9-17(32-2)10-8-15/h3-10,12-14,22H,11H2,1-2H3/t14-/m1/s1. The fourth-order valence-electron chi connectivity index (χ4n) is 4.21. The van der Waals surface area contributed by atoms with E-state index in [-0.39, 0.29) is 28.9 Å². The summed E-state index contributed by atoms with van der Waals surface area (Å²) in [6.45, 7) is 1.96. The topological polar surface area (TPSA) is 59.7 Å². The molecule has 2 aromatic heterocycles. The number of alkyl halides is 2. The lowest BCUT2D eigenvalue weighted by atomic mass is 10.1. The van der Waals surface area contributed by atoms with Crippen molar-refractivity contribution in [3.63, 3.8) is 0 Å². The first-order valence-corrected chi connectivity index (χ1v) is 10.2. The molecule has 1 aliphatic heterocycles. The SMILES string of the molecule is COc1ccc(-c2cc(C(F)F)n3ncc(C(=O)N4c5ccccc5C[C@H]4C)c3n2)cc1. The van der Waals surface area contributed by atoms with Crippen molar-refractivity contribution in [2.24, 2.45) is 0 Å². The molecule has 0 unspecified atom stereocenters. The van der Waals surface area contributed by atoms with E-state index in [1.807, 2.05) is 31.2 Å². The minimum Gasteiger partial charge on any atom is -0.497 e. The number of anilines is 1. The first kappa shape index (κ1) is 20.1. The third-order valence-corrected chi connectivity index (χ3v) is 5.77. The molecule has 1 aliphatic rings. The molecule has 2 aromatic carbocycles. The fraction of sp³-hybridized carbons (Fsp3) is 0.208. The number of halogens is 2.